The van der Waals surface area contributed by atoms with E-state index in [1.807, 2.05) is 0 Å². The van der Waals surface area contributed by atoms with Gasteiger partial charge in [0.25, 0.3) is 0 Å². The van der Waals surface area contributed by atoms with E-state index >= 15 is 0 Å². The van der Waals surface area contributed by atoms with Crippen molar-refractivity contribution in [2.75, 3.05) is 0 Å². The minimum atomic E-state index is -1.79. The smallest absolute Gasteiger partial charge is 0.234 e. The van der Waals surface area contributed by atoms with E-state index in [4.69, 9.17) is 27.8 Å². The molecular weight excluding hydrogens is 176 g/mol. The quantitative estimate of drug-likeness (QED) is 0.0916. The van der Waals surface area contributed by atoms with Gasteiger partial charge in [-0.2, -0.15) is 0 Å². The predicted molar refractivity (Wildman–Crippen MR) is 47.2 cm³/mol. The molecule has 0 aliphatic rings. The van der Waals surface area contributed by atoms with Gasteiger partial charge in [0.05, 0.1) is 5.71 Å². The first kappa shape index (κ1) is 11.4. The van der Waals surface area contributed by atoms with Crippen LogP contribution in [0.1, 0.15) is 0 Å². The van der Waals surface area contributed by atoms with Gasteiger partial charge in [0.2, 0.25) is 5.84 Å². The van der Waals surface area contributed by atoms with Crippen LogP contribution in [0, 0.1) is 10.3 Å². The summed E-state index contributed by atoms with van der Waals surface area (Å²) < 4.78 is 0. The third-order valence-corrected chi connectivity index (χ3v) is 1.06. The molecule has 0 aromatic heterocycles. The summed E-state index contributed by atoms with van der Waals surface area (Å²) >= 11 is 0. The maximum Gasteiger partial charge on any atom is 0.234 e. The SMILES string of the molecule is N=C(C=CC(N=O)=NO)C(N)(N)N. The summed E-state index contributed by atoms with van der Waals surface area (Å²) in [6.45, 7) is 0. The Bertz CT molecular complexity index is 263. The molecular formula is C5H10N6O2. The van der Waals surface area contributed by atoms with Crippen LogP contribution in [-0.4, -0.2) is 22.5 Å². The second-order valence-electron chi connectivity index (χ2n) is 2.23. The van der Waals surface area contributed by atoms with Gasteiger partial charge in [-0.3, -0.25) is 17.2 Å². The molecule has 0 spiro atoms. The van der Waals surface area contributed by atoms with Crippen LogP contribution in [0.25, 0.3) is 0 Å². The van der Waals surface area contributed by atoms with Gasteiger partial charge in [-0.25, -0.2) is 0 Å². The largest absolute Gasteiger partial charge is 0.409 e. The Labute approximate surface area is 73.6 Å². The topological polar surface area (TPSA) is 164 Å². The van der Waals surface area contributed by atoms with Crippen molar-refractivity contribution >= 4 is 11.5 Å². The Balaban J connectivity index is 4.46. The first-order valence-electron chi connectivity index (χ1n) is 3.11. The second-order valence-corrected chi connectivity index (χ2v) is 2.23. The molecule has 0 bridgehead atoms. The molecule has 0 rings (SSSR count). The Hall–Kier alpha value is -1.64. The molecule has 8 heteroatoms. The number of hydrogen-bond acceptors (Lipinski definition) is 7. The van der Waals surface area contributed by atoms with Crippen LogP contribution in [0.15, 0.2) is 22.5 Å². The molecule has 0 aromatic carbocycles. The lowest BCUT2D eigenvalue weighted by atomic mass is 10.2. The van der Waals surface area contributed by atoms with Crippen molar-refractivity contribution in [2.24, 2.45) is 27.5 Å². The Morgan fingerprint density at radius 2 is 1.92 bits per heavy atom. The van der Waals surface area contributed by atoms with Crippen LogP contribution in [0.3, 0.4) is 0 Å². The fourth-order valence-electron chi connectivity index (χ4n) is 0.384. The molecule has 0 atom stereocenters. The zero-order chi connectivity index (χ0) is 10.5. The van der Waals surface area contributed by atoms with Crippen molar-refractivity contribution in [3.05, 3.63) is 17.1 Å². The van der Waals surface area contributed by atoms with Gasteiger partial charge in [-0.15, -0.1) is 4.91 Å². The molecule has 8 nitrogen and oxygen atoms in total. The van der Waals surface area contributed by atoms with E-state index in [-0.39, 0.29) is 5.71 Å². The highest BCUT2D eigenvalue weighted by atomic mass is 16.4. The van der Waals surface area contributed by atoms with Crippen molar-refractivity contribution < 1.29 is 5.21 Å². The Morgan fingerprint density at radius 3 is 2.23 bits per heavy atom. The van der Waals surface area contributed by atoms with E-state index < -0.39 is 11.6 Å². The summed E-state index contributed by atoms with van der Waals surface area (Å²) in [5, 5.41) is 20.1. The Kier molecular flexibility index (Phi) is 3.85. The van der Waals surface area contributed by atoms with Crippen LogP contribution in [0.4, 0.5) is 0 Å². The average Bonchev–Trinajstić information content (AvgIpc) is 2.04. The molecule has 0 amide bonds. The highest BCUT2D eigenvalue weighted by molar-refractivity contribution is 6.04. The molecule has 0 aliphatic heterocycles. The maximum atomic E-state index is 9.84. The van der Waals surface area contributed by atoms with Crippen molar-refractivity contribution in [1.82, 2.24) is 0 Å². The molecule has 72 valence electrons. The van der Waals surface area contributed by atoms with Crippen LogP contribution >= 0.6 is 0 Å². The molecule has 8 N–H and O–H groups in total. The van der Waals surface area contributed by atoms with Crippen LogP contribution in [0.2, 0.25) is 0 Å². The fourth-order valence-corrected chi connectivity index (χ4v) is 0.384. The lowest BCUT2D eigenvalue weighted by Crippen LogP contribution is -2.63. The van der Waals surface area contributed by atoms with E-state index in [1.54, 1.807) is 0 Å². The van der Waals surface area contributed by atoms with E-state index in [1.165, 1.54) is 0 Å². The molecule has 0 aromatic rings. The number of nitrogens with zero attached hydrogens (tertiary/aromatic N) is 2. The van der Waals surface area contributed by atoms with E-state index in [0.29, 0.717) is 0 Å². The lowest BCUT2D eigenvalue weighted by molar-refractivity contribution is 0.319. The highest BCUT2D eigenvalue weighted by Crippen LogP contribution is 1.89. The normalized spacial score (nSPS) is 13.3. The van der Waals surface area contributed by atoms with Gasteiger partial charge in [0.1, 0.15) is 0 Å². The monoisotopic (exact) mass is 186 g/mol. The fraction of sp³-hybridized carbons (Fsp3) is 0.200. The maximum absolute atomic E-state index is 9.84. The summed E-state index contributed by atoms with van der Waals surface area (Å²) in [4.78, 5) is 9.84. The molecule has 0 saturated heterocycles. The first-order valence-corrected chi connectivity index (χ1v) is 3.11. The molecule has 0 fully saturated rings. The average molecular weight is 186 g/mol. The summed E-state index contributed by atoms with van der Waals surface area (Å²) in [6, 6.07) is 0. The number of hydrogen-bond donors (Lipinski definition) is 5. The summed E-state index contributed by atoms with van der Waals surface area (Å²) in [7, 11) is 0. The number of nitrogens with one attached hydrogen (secondary N) is 1. The molecule has 0 radical (unpaired) electrons. The molecule has 0 saturated carbocycles. The minimum absolute atomic E-state index is 0.336. The van der Waals surface area contributed by atoms with E-state index in [2.05, 4.69) is 10.3 Å². The number of nitrogens with two attached hydrogens (primary N) is 3. The zero-order valence-corrected chi connectivity index (χ0v) is 6.64. The van der Waals surface area contributed by atoms with E-state index in [0.717, 1.165) is 12.2 Å². The van der Waals surface area contributed by atoms with Gasteiger partial charge in [0, 0.05) is 0 Å². The minimum Gasteiger partial charge on any atom is -0.409 e. The van der Waals surface area contributed by atoms with E-state index in [9.17, 15) is 4.91 Å². The van der Waals surface area contributed by atoms with Gasteiger partial charge in [-0.1, -0.05) is 5.16 Å². The third kappa shape index (κ3) is 4.06. The number of oxime groups is 1. The van der Waals surface area contributed by atoms with Gasteiger partial charge in [-0.05, 0) is 17.3 Å². The van der Waals surface area contributed by atoms with Gasteiger partial charge >= 0.3 is 0 Å². The van der Waals surface area contributed by atoms with Crippen LogP contribution < -0.4 is 17.2 Å². The van der Waals surface area contributed by atoms with Crippen molar-refractivity contribution in [3.8, 4) is 0 Å². The van der Waals surface area contributed by atoms with Crippen molar-refractivity contribution in [3.63, 3.8) is 0 Å². The molecule has 13 heavy (non-hydrogen) atoms. The standard InChI is InChI=1S/C5H10N6O2/c6-3(5(7,8)9)1-2-4(10-12)11-13/h1-2,6,12H,7-9H2. The van der Waals surface area contributed by atoms with Crippen molar-refractivity contribution in [1.29, 1.82) is 5.41 Å². The number of rotatable bonds is 3. The molecule has 0 unspecified atom stereocenters. The summed E-state index contributed by atoms with van der Waals surface area (Å²) in [5.74, 6) is -2.30. The van der Waals surface area contributed by atoms with Crippen molar-refractivity contribution in [2.45, 2.75) is 5.79 Å². The van der Waals surface area contributed by atoms with Crippen LogP contribution in [-0.2, 0) is 0 Å². The second kappa shape index (κ2) is 4.40. The third-order valence-electron chi connectivity index (χ3n) is 1.06. The van der Waals surface area contributed by atoms with Gasteiger partial charge < -0.3 is 10.6 Å². The molecule has 0 heterocycles. The summed E-state index contributed by atoms with van der Waals surface area (Å²) in [6.07, 6.45) is 1.97. The lowest BCUT2D eigenvalue weighted by Gasteiger charge is -2.16. The highest BCUT2D eigenvalue weighted by Gasteiger charge is 2.16. The zero-order valence-electron chi connectivity index (χ0n) is 6.64. The van der Waals surface area contributed by atoms with Gasteiger partial charge in [0.15, 0.2) is 5.79 Å². The molecule has 0 aliphatic carbocycles. The first-order chi connectivity index (χ1) is 5.91. The predicted octanol–water partition coefficient (Wildman–Crippen LogP) is -1.35. The van der Waals surface area contributed by atoms with Crippen LogP contribution in [0.5, 0.6) is 0 Å². The summed E-state index contributed by atoms with van der Waals surface area (Å²) in [5.41, 5.74) is 15.0. The number of amidine groups is 1. The Morgan fingerprint density at radius 1 is 1.38 bits per heavy atom. The number of nitroso groups, excluding NO2 is 1.